The van der Waals surface area contributed by atoms with Gasteiger partial charge in [-0.2, -0.15) is 0 Å². The summed E-state index contributed by atoms with van der Waals surface area (Å²) in [5, 5.41) is 0. The van der Waals surface area contributed by atoms with Crippen LogP contribution in [-0.4, -0.2) is 20.9 Å². The van der Waals surface area contributed by atoms with Crippen LogP contribution in [0, 0.1) is 0 Å². The fraction of sp³-hybridized carbons (Fsp3) is 0.333. The maximum absolute atomic E-state index is 11.3. The number of benzene rings is 1. The molecule has 0 amide bonds. The van der Waals surface area contributed by atoms with E-state index in [1.165, 1.54) is 0 Å². The average molecular weight is 216 g/mol. The minimum atomic E-state index is -1.08. The topological polar surface area (TPSA) is 34.1 Å². The molecule has 2 unspecified atom stereocenters. The molecule has 1 aromatic carbocycles. The van der Waals surface area contributed by atoms with E-state index in [1.54, 1.807) is 12.5 Å². The van der Waals surface area contributed by atoms with Crippen molar-refractivity contribution in [2.75, 3.05) is 12.5 Å². The van der Waals surface area contributed by atoms with Crippen molar-refractivity contribution in [3.05, 3.63) is 35.9 Å². The minimum absolute atomic E-state index is 0.360. The predicted octanol–water partition coefficient (Wildman–Crippen LogP) is 1.44. The molecule has 0 fully saturated rings. The van der Waals surface area contributed by atoms with Gasteiger partial charge in [0.25, 0.3) is 0 Å². The number of hydrogen-bond acceptors (Lipinski definition) is 2. The Bertz CT molecular complexity index is 308. The van der Waals surface area contributed by atoms with E-state index in [2.05, 4.69) is 0 Å². The Morgan fingerprint density at radius 2 is 1.46 bits per heavy atom. The van der Waals surface area contributed by atoms with Crippen LogP contribution in [0.2, 0.25) is 0 Å². The van der Waals surface area contributed by atoms with Crippen LogP contribution in [0.3, 0.4) is 0 Å². The lowest BCUT2D eigenvalue weighted by Gasteiger charge is -2.10. The monoisotopic (exact) mass is 216 g/mol. The zero-order chi connectivity index (χ0) is 9.84. The molecular weight excluding hydrogens is 204 g/mol. The smallest absolute Gasteiger partial charge is 0.134 e. The van der Waals surface area contributed by atoms with Crippen molar-refractivity contribution >= 4 is 21.6 Å². The molecule has 0 aliphatic heterocycles. The maximum atomic E-state index is 11.3. The molecule has 2 nitrogen and oxygen atoms in total. The molecule has 0 saturated heterocycles. The Hall–Kier alpha value is -0.480. The van der Waals surface area contributed by atoms with Gasteiger partial charge in [0, 0.05) is 34.1 Å². The largest absolute Gasteiger partial charge is 0.258 e. The molecule has 0 bridgehead atoms. The van der Waals surface area contributed by atoms with Crippen LogP contribution in [0.15, 0.2) is 30.3 Å². The molecule has 0 aromatic heterocycles. The highest BCUT2D eigenvalue weighted by Crippen LogP contribution is 2.21. The first-order chi connectivity index (χ1) is 6.13. The first-order valence-corrected chi connectivity index (χ1v) is 7.06. The van der Waals surface area contributed by atoms with Crippen molar-refractivity contribution < 1.29 is 8.42 Å². The number of hydrogen-bond donors (Lipinski definition) is 0. The highest BCUT2D eigenvalue weighted by atomic mass is 32.2. The van der Waals surface area contributed by atoms with Gasteiger partial charge in [-0.3, -0.25) is 8.42 Å². The third kappa shape index (κ3) is 2.74. The molecule has 0 N–H and O–H groups in total. The fourth-order valence-corrected chi connectivity index (χ4v) is 3.79. The van der Waals surface area contributed by atoms with Crippen LogP contribution in [0.1, 0.15) is 10.1 Å². The summed E-state index contributed by atoms with van der Waals surface area (Å²) in [5.74, 6) is 0. The summed E-state index contributed by atoms with van der Waals surface area (Å²) >= 11 is 0. The molecule has 13 heavy (non-hydrogen) atoms. The zero-order valence-corrected chi connectivity index (χ0v) is 9.23. The third-order valence-corrected chi connectivity index (χ3v) is 5.05. The normalized spacial score (nSPS) is 17.7. The van der Waals surface area contributed by atoms with Gasteiger partial charge in [0.2, 0.25) is 0 Å². The standard InChI is InChI=1S/C9H12O2S2/c1-12(10)9(13(2)11)8-6-4-3-5-7-8/h3-7,9H,1-2H3. The lowest BCUT2D eigenvalue weighted by Crippen LogP contribution is -2.10. The van der Waals surface area contributed by atoms with Crippen molar-refractivity contribution in [1.29, 1.82) is 0 Å². The van der Waals surface area contributed by atoms with Crippen LogP contribution in [0.4, 0.5) is 0 Å². The summed E-state index contributed by atoms with van der Waals surface area (Å²) in [6, 6.07) is 9.32. The third-order valence-electron chi connectivity index (χ3n) is 1.67. The van der Waals surface area contributed by atoms with Gasteiger partial charge in [-0.25, -0.2) is 0 Å². The predicted molar refractivity (Wildman–Crippen MR) is 57.3 cm³/mol. The molecule has 1 rings (SSSR count). The van der Waals surface area contributed by atoms with Crippen LogP contribution < -0.4 is 0 Å². The van der Waals surface area contributed by atoms with Crippen molar-refractivity contribution in [2.45, 2.75) is 4.58 Å². The molecule has 0 aliphatic carbocycles. The Morgan fingerprint density at radius 1 is 1.00 bits per heavy atom. The Kier molecular flexibility index (Phi) is 3.81. The van der Waals surface area contributed by atoms with Gasteiger partial charge in [0.1, 0.15) is 4.58 Å². The molecule has 72 valence electrons. The van der Waals surface area contributed by atoms with E-state index in [0.29, 0.717) is 0 Å². The van der Waals surface area contributed by atoms with Crippen molar-refractivity contribution in [1.82, 2.24) is 0 Å². The lowest BCUT2D eigenvalue weighted by atomic mass is 10.2. The molecular formula is C9H12O2S2. The first kappa shape index (κ1) is 10.6. The molecule has 0 aliphatic rings. The zero-order valence-electron chi connectivity index (χ0n) is 7.60. The van der Waals surface area contributed by atoms with Gasteiger partial charge in [-0.05, 0) is 5.56 Å². The Morgan fingerprint density at radius 3 is 1.85 bits per heavy atom. The molecule has 1 aromatic rings. The first-order valence-electron chi connectivity index (χ1n) is 3.82. The summed E-state index contributed by atoms with van der Waals surface area (Å²) in [4.78, 5) is 0. The van der Waals surface area contributed by atoms with Gasteiger partial charge in [-0.1, -0.05) is 30.3 Å². The van der Waals surface area contributed by atoms with E-state index in [0.717, 1.165) is 5.56 Å². The van der Waals surface area contributed by atoms with Crippen molar-refractivity contribution in [3.63, 3.8) is 0 Å². The van der Waals surface area contributed by atoms with Gasteiger partial charge in [0.05, 0.1) is 0 Å². The van der Waals surface area contributed by atoms with E-state index in [1.807, 2.05) is 30.3 Å². The SMILES string of the molecule is CS(=O)C(c1ccccc1)S(C)=O. The highest BCUT2D eigenvalue weighted by molar-refractivity contribution is 8.01. The summed E-state index contributed by atoms with van der Waals surface area (Å²) < 4.78 is 22.2. The molecule has 2 atom stereocenters. The van der Waals surface area contributed by atoms with Gasteiger partial charge < -0.3 is 0 Å². The quantitative estimate of drug-likeness (QED) is 0.766. The lowest BCUT2D eigenvalue weighted by molar-refractivity contribution is 0.676. The van der Waals surface area contributed by atoms with E-state index >= 15 is 0 Å². The van der Waals surface area contributed by atoms with Crippen molar-refractivity contribution in [3.8, 4) is 0 Å². The number of rotatable bonds is 3. The van der Waals surface area contributed by atoms with E-state index in [9.17, 15) is 8.42 Å². The summed E-state index contributed by atoms with van der Waals surface area (Å²) in [5.41, 5.74) is 0.879. The second kappa shape index (κ2) is 4.67. The van der Waals surface area contributed by atoms with Crippen LogP contribution in [-0.2, 0) is 21.6 Å². The summed E-state index contributed by atoms with van der Waals surface area (Å²) in [6.07, 6.45) is 3.16. The van der Waals surface area contributed by atoms with E-state index < -0.39 is 21.6 Å². The van der Waals surface area contributed by atoms with Crippen molar-refractivity contribution in [2.24, 2.45) is 0 Å². The highest BCUT2D eigenvalue weighted by Gasteiger charge is 2.18. The van der Waals surface area contributed by atoms with Gasteiger partial charge >= 0.3 is 0 Å². The van der Waals surface area contributed by atoms with Gasteiger partial charge in [-0.15, -0.1) is 0 Å². The Labute approximate surface area is 83.3 Å². The minimum Gasteiger partial charge on any atom is -0.258 e. The average Bonchev–Trinajstić information content (AvgIpc) is 2.04. The Balaban J connectivity index is 3.03. The molecule has 0 radical (unpaired) electrons. The molecule has 4 heteroatoms. The van der Waals surface area contributed by atoms with Gasteiger partial charge in [0.15, 0.2) is 0 Å². The fourth-order valence-electron chi connectivity index (χ4n) is 1.18. The van der Waals surface area contributed by atoms with E-state index in [4.69, 9.17) is 0 Å². The van der Waals surface area contributed by atoms with Crippen LogP contribution >= 0.6 is 0 Å². The summed E-state index contributed by atoms with van der Waals surface area (Å²) in [7, 11) is -2.17. The molecule has 0 heterocycles. The molecule has 0 saturated carbocycles. The summed E-state index contributed by atoms with van der Waals surface area (Å²) in [6.45, 7) is 0. The second-order valence-electron chi connectivity index (χ2n) is 2.74. The van der Waals surface area contributed by atoms with Crippen LogP contribution in [0.25, 0.3) is 0 Å². The molecule has 0 spiro atoms. The second-order valence-corrected chi connectivity index (χ2v) is 5.98. The van der Waals surface area contributed by atoms with E-state index in [-0.39, 0.29) is 4.58 Å². The maximum Gasteiger partial charge on any atom is 0.134 e. The van der Waals surface area contributed by atoms with Crippen LogP contribution in [0.5, 0.6) is 0 Å².